The third kappa shape index (κ3) is 5.04. The van der Waals surface area contributed by atoms with E-state index in [1.165, 1.54) is 6.07 Å². The van der Waals surface area contributed by atoms with E-state index in [9.17, 15) is 9.18 Å². The number of ether oxygens (including phenoxy) is 1. The number of hydrogen-bond donors (Lipinski definition) is 1. The van der Waals surface area contributed by atoms with Gasteiger partial charge in [-0.1, -0.05) is 18.2 Å². The van der Waals surface area contributed by atoms with Crippen molar-refractivity contribution in [3.63, 3.8) is 0 Å². The number of anilines is 2. The summed E-state index contributed by atoms with van der Waals surface area (Å²) in [7, 11) is 1.73. The van der Waals surface area contributed by atoms with Gasteiger partial charge in [0.25, 0.3) is 0 Å². The highest BCUT2D eigenvalue weighted by Gasteiger charge is 2.21. The first kappa shape index (κ1) is 20.8. The van der Waals surface area contributed by atoms with Crippen molar-refractivity contribution in [2.45, 2.75) is 12.8 Å². The Bertz CT molecular complexity index is 788. The number of fused-ring (bicyclic) bond motifs is 1. The van der Waals surface area contributed by atoms with E-state index in [0.717, 1.165) is 36.3 Å². The number of carbonyl (C=O) groups is 1. The van der Waals surface area contributed by atoms with Gasteiger partial charge in [0.2, 0.25) is 5.91 Å². The van der Waals surface area contributed by atoms with Crippen LogP contribution in [-0.4, -0.2) is 44.1 Å². The quantitative estimate of drug-likeness (QED) is 0.766. The molecule has 0 radical (unpaired) electrons. The number of hydrogen-bond acceptors (Lipinski definition) is 4. The Kier molecular flexibility index (Phi) is 7.30. The van der Waals surface area contributed by atoms with Crippen LogP contribution in [0.25, 0.3) is 0 Å². The summed E-state index contributed by atoms with van der Waals surface area (Å²) in [6.45, 7) is 1.77. The molecule has 0 unspecified atom stereocenters. The molecule has 1 aliphatic heterocycles. The lowest BCUT2D eigenvalue weighted by molar-refractivity contribution is -0.128. The molecule has 0 atom stereocenters. The highest BCUT2D eigenvalue weighted by atomic mass is 35.5. The summed E-state index contributed by atoms with van der Waals surface area (Å²) in [6.07, 6.45) is 1.92. The van der Waals surface area contributed by atoms with Crippen molar-refractivity contribution in [1.29, 1.82) is 0 Å². The smallest absolute Gasteiger partial charge is 0.241 e. The Morgan fingerprint density at radius 3 is 2.81 bits per heavy atom. The minimum absolute atomic E-state index is 0. The van der Waals surface area contributed by atoms with Crippen LogP contribution in [0.3, 0.4) is 0 Å². The molecule has 1 aliphatic rings. The van der Waals surface area contributed by atoms with Gasteiger partial charge in [-0.25, -0.2) is 4.39 Å². The van der Waals surface area contributed by atoms with Gasteiger partial charge in [0, 0.05) is 25.0 Å². The van der Waals surface area contributed by atoms with Crippen LogP contribution in [0.15, 0.2) is 42.5 Å². The topological polar surface area (TPSA) is 58.8 Å². The maximum absolute atomic E-state index is 13.5. The average molecular weight is 394 g/mol. The van der Waals surface area contributed by atoms with Gasteiger partial charge in [-0.15, -0.1) is 12.4 Å². The largest absolute Gasteiger partial charge is 0.489 e. The van der Waals surface area contributed by atoms with Crippen LogP contribution in [0.2, 0.25) is 0 Å². The van der Waals surface area contributed by atoms with E-state index in [1.807, 2.05) is 18.2 Å². The van der Waals surface area contributed by atoms with Gasteiger partial charge in [0.15, 0.2) is 11.6 Å². The summed E-state index contributed by atoms with van der Waals surface area (Å²) < 4.78 is 19.0. The van der Waals surface area contributed by atoms with Crippen molar-refractivity contribution in [2.24, 2.45) is 0 Å². The summed E-state index contributed by atoms with van der Waals surface area (Å²) in [4.78, 5) is 16.2. The number of nitrogens with two attached hydrogens (primary N) is 1. The monoisotopic (exact) mass is 393 g/mol. The second-order valence-electron chi connectivity index (χ2n) is 6.46. The molecular weight excluding hydrogens is 369 g/mol. The Balaban J connectivity index is 0.00000261. The maximum Gasteiger partial charge on any atom is 0.241 e. The molecule has 0 spiro atoms. The van der Waals surface area contributed by atoms with Crippen LogP contribution in [0.4, 0.5) is 15.8 Å². The van der Waals surface area contributed by atoms with Gasteiger partial charge in [-0.05, 0) is 42.7 Å². The number of nitrogens with zero attached hydrogens (tertiary/aromatic N) is 2. The van der Waals surface area contributed by atoms with Crippen LogP contribution >= 0.6 is 12.4 Å². The second-order valence-corrected chi connectivity index (χ2v) is 6.46. The molecule has 1 amide bonds. The predicted molar refractivity (Wildman–Crippen MR) is 108 cm³/mol. The lowest BCUT2D eigenvalue weighted by Crippen LogP contribution is -2.42. The van der Waals surface area contributed by atoms with E-state index in [-0.39, 0.29) is 30.7 Å². The second kappa shape index (κ2) is 9.46. The molecule has 1 heterocycles. The molecule has 0 bridgehead atoms. The minimum atomic E-state index is -0.399. The lowest BCUT2D eigenvalue weighted by Gasteiger charge is -2.32. The van der Waals surface area contributed by atoms with E-state index in [2.05, 4.69) is 4.90 Å². The third-order valence-corrected chi connectivity index (χ3v) is 4.66. The fourth-order valence-corrected chi connectivity index (χ4v) is 3.16. The zero-order valence-electron chi connectivity index (χ0n) is 15.4. The van der Waals surface area contributed by atoms with Gasteiger partial charge in [-0.3, -0.25) is 4.79 Å². The molecule has 27 heavy (non-hydrogen) atoms. The Morgan fingerprint density at radius 2 is 2.04 bits per heavy atom. The molecular formula is C20H25ClFN3O2. The first-order valence-corrected chi connectivity index (χ1v) is 8.80. The number of para-hydroxylation sites is 1. The normalized spacial score (nSPS) is 12.7. The van der Waals surface area contributed by atoms with E-state index >= 15 is 0 Å². The Morgan fingerprint density at radius 1 is 1.26 bits per heavy atom. The van der Waals surface area contributed by atoms with E-state index in [1.54, 1.807) is 30.1 Å². The summed E-state index contributed by atoms with van der Waals surface area (Å²) in [5.74, 6) is -0.199. The van der Waals surface area contributed by atoms with Crippen molar-refractivity contribution >= 4 is 29.7 Å². The number of halogens is 2. The molecule has 0 saturated heterocycles. The van der Waals surface area contributed by atoms with Crippen molar-refractivity contribution < 1.29 is 13.9 Å². The Labute approximate surface area is 165 Å². The van der Waals surface area contributed by atoms with Crippen molar-refractivity contribution in [1.82, 2.24) is 4.90 Å². The SMILES string of the molecule is CN(CCOc1ccccc1F)C(=O)CN1CCCc2c(N)cccc21.Cl. The van der Waals surface area contributed by atoms with Crippen LogP contribution in [0, 0.1) is 5.82 Å². The Hall–Kier alpha value is -2.47. The van der Waals surface area contributed by atoms with E-state index < -0.39 is 5.82 Å². The van der Waals surface area contributed by atoms with Gasteiger partial charge in [0.1, 0.15) is 6.61 Å². The van der Waals surface area contributed by atoms with Crippen molar-refractivity contribution in [3.8, 4) is 5.75 Å². The van der Waals surface area contributed by atoms with Crippen molar-refractivity contribution in [3.05, 3.63) is 53.8 Å². The average Bonchev–Trinajstić information content (AvgIpc) is 2.64. The first-order chi connectivity index (χ1) is 12.6. The number of amides is 1. The van der Waals surface area contributed by atoms with E-state index in [4.69, 9.17) is 10.5 Å². The van der Waals surface area contributed by atoms with Gasteiger partial charge in [-0.2, -0.15) is 0 Å². The van der Waals surface area contributed by atoms with Crippen LogP contribution in [0.1, 0.15) is 12.0 Å². The summed E-state index contributed by atoms with van der Waals surface area (Å²) in [6, 6.07) is 12.1. The first-order valence-electron chi connectivity index (χ1n) is 8.80. The molecule has 0 fully saturated rings. The molecule has 146 valence electrons. The molecule has 7 heteroatoms. The third-order valence-electron chi connectivity index (χ3n) is 4.66. The van der Waals surface area contributed by atoms with E-state index in [0.29, 0.717) is 13.1 Å². The number of carbonyl (C=O) groups excluding carboxylic acids is 1. The number of nitrogen functional groups attached to an aromatic ring is 1. The van der Waals surface area contributed by atoms with Crippen LogP contribution < -0.4 is 15.4 Å². The molecule has 3 rings (SSSR count). The molecule has 0 aliphatic carbocycles. The molecule has 5 nitrogen and oxygen atoms in total. The predicted octanol–water partition coefficient (Wildman–Crippen LogP) is 3.12. The highest BCUT2D eigenvalue weighted by Crippen LogP contribution is 2.31. The zero-order chi connectivity index (χ0) is 18.5. The maximum atomic E-state index is 13.5. The molecule has 0 saturated carbocycles. The lowest BCUT2D eigenvalue weighted by atomic mass is 10.00. The molecule has 2 aromatic carbocycles. The molecule has 2 aromatic rings. The summed E-state index contributed by atoms with van der Waals surface area (Å²) >= 11 is 0. The van der Waals surface area contributed by atoms with Gasteiger partial charge < -0.3 is 20.3 Å². The molecule has 2 N–H and O–H groups in total. The zero-order valence-corrected chi connectivity index (χ0v) is 16.2. The van der Waals surface area contributed by atoms with Gasteiger partial charge >= 0.3 is 0 Å². The molecule has 0 aromatic heterocycles. The summed E-state index contributed by atoms with van der Waals surface area (Å²) in [5, 5.41) is 0. The fraction of sp³-hybridized carbons (Fsp3) is 0.350. The number of benzene rings is 2. The fourth-order valence-electron chi connectivity index (χ4n) is 3.16. The van der Waals surface area contributed by atoms with Crippen LogP contribution in [0.5, 0.6) is 5.75 Å². The highest BCUT2D eigenvalue weighted by molar-refractivity contribution is 5.85. The minimum Gasteiger partial charge on any atom is -0.489 e. The van der Waals surface area contributed by atoms with Gasteiger partial charge in [0.05, 0.1) is 13.1 Å². The number of likely N-dealkylation sites (N-methyl/N-ethyl adjacent to an activating group) is 1. The number of rotatable bonds is 6. The van der Waals surface area contributed by atoms with Crippen molar-refractivity contribution in [2.75, 3.05) is 43.9 Å². The summed E-state index contributed by atoms with van der Waals surface area (Å²) in [5.41, 5.74) is 9.01. The standard InChI is InChI=1S/C20H24FN3O2.ClH/c1-23(12-13-26-19-10-3-2-7-16(19)21)20(25)14-24-11-5-6-15-17(22)8-4-9-18(15)24;/h2-4,7-10H,5-6,11-14,22H2,1H3;1H. The van der Waals surface area contributed by atoms with Crippen LogP contribution in [-0.2, 0) is 11.2 Å².